The van der Waals surface area contributed by atoms with Crippen molar-refractivity contribution in [3.8, 4) is 22.8 Å². The van der Waals surface area contributed by atoms with Gasteiger partial charge in [0.15, 0.2) is 5.13 Å². The van der Waals surface area contributed by atoms with Crippen LogP contribution in [0.4, 0.5) is 5.13 Å². The predicted molar refractivity (Wildman–Crippen MR) is 132 cm³/mol. The van der Waals surface area contributed by atoms with Gasteiger partial charge in [-0.15, -0.1) is 0 Å². The maximum absolute atomic E-state index is 9.62. The molecule has 0 saturated carbocycles. The first-order valence-electron chi connectivity index (χ1n) is 10.5. The number of nitrogens with zero attached hydrogens (tertiary/aromatic N) is 4. The normalized spacial score (nSPS) is 12.0. The highest BCUT2D eigenvalue weighted by atomic mass is 32.1. The van der Waals surface area contributed by atoms with E-state index < -0.39 is 0 Å². The number of aliphatic hydroxyl groups is 1. The molecule has 3 aromatic heterocycles. The van der Waals surface area contributed by atoms with E-state index in [4.69, 9.17) is 4.74 Å². The molecule has 1 atom stereocenters. The summed E-state index contributed by atoms with van der Waals surface area (Å²) in [6.45, 7) is 7.25. The number of aromatic nitrogens is 4. The first kappa shape index (κ1) is 23.7. The van der Waals surface area contributed by atoms with Gasteiger partial charge in [0.2, 0.25) is 0 Å². The summed E-state index contributed by atoms with van der Waals surface area (Å²) in [7, 11) is 0. The summed E-state index contributed by atoms with van der Waals surface area (Å²) in [6.07, 6.45) is 6.42. The highest BCUT2D eigenvalue weighted by molar-refractivity contribution is 7.22. The van der Waals surface area contributed by atoms with Crippen molar-refractivity contribution in [1.29, 1.82) is 0 Å². The molecule has 3 heterocycles. The van der Waals surface area contributed by atoms with Crippen LogP contribution in [0.5, 0.6) is 11.5 Å². The minimum Gasteiger partial charge on any atom is -0.457 e. The van der Waals surface area contributed by atoms with Gasteiger partial charge in [-0.05, 0) is 37.5 Å². The van der Waals surface area contributed by atoms with Crippen molar-refractivity contribution in [2.45, 2.75) is 47.2 Å². The zero-order chi connectivity index (χ0) is 21.8. The average Bonchev–Trinajstić information content (AvgIpc) is 3.39. The fourth-order valence-electron chi connectivity index (χ4n) is 3.39. The van der Waals surface area contributed by atoms with E-state index in [2.05, 4.69) is 41.2 Å². The minimum atomic E-state index is 0. The van der Waals surface area contributed by atoms with Crippen molar-refractivity contribution in [3.05, 3.63) is 48.9 Å². The average molecular weight is 454 g/mol. The van der Waals surface area contributed by atoms with Gasteiger partial charge in [0.05, 0.1) is 34.8 Å². The van der Waals surface area contributed by atoms with Crippen molar-refractivity contribution < 1.29 is 9.84 Å². The van der Waals surface area contributed by atoms with Crippen molar-refractivity contribution >= 4 is 26.7 Å². The number of rotatable bonds is 9. The lowest BCUT2D eigenvalue weighted by Crippen LogP contribution is -2.25. The van der Waals surface area contributed by atoms with E-state index in [1.165, 1.54) is 0 Å². The van der Waals surface area contributed by atoms with Gasteiger partial charge < -0.3 is 15.2 Å². The van der Waals surface area contributed by atoms with Crippen LogP contribution in [0.15, 0.2) is 48.9 Å². The summed E-state index contributed by atoms with van der Waals surface area (Å²) in [5.41, 5.74) is 2.69. The molecule has 32 heavy (non-hydrogen) atoms. The van der Waals surface area contributed by atoms with Crippen LogP contribution >= 0.6 is 11.3 Å². The fourth-order valence-corrected chi connectivity index (χ4v) is 4.36. The topological polar surface area (TPSA) is 85.1 Å². The van der Waals surface area contributed by atoms with Crippen molar-refractivity contribution in [1.82, 2.24) is 19.7 Å². The molecule has 0 amide bonds. The number of fused-ring (bicyclic) bond motifs is 1. The zero-order valence-corrected chi connectivity index (χ0v) is 18.8. The Hall–Kier alpha value is -2.97. The Morgan fingerprint density at radius 3 is 2.72 bits per heavy atom. The molecule has 0 radical (unpaired) electrons. The summed E-state index contributed by atoms with van der Waals surface area (Å²) in [4.78, 5) is 9.08. The molecule has 0 aliphatic heterocycles. The second-order valence-corrected chi connectivity index (χ2v) is 8.90. The van der Waals surface area contributed by atoms with Crippen LogP contribution in [0, 0.1) is 5.92 Å². The standard InChI is InChI=1S/C23H27N5O2S.CH4/c1-4-28-13-16(12-25-28)21-10-19(7-8-24-21)30-18-5-6-20-22(11-18)31-23(27-20)26-17(14-29)9-15(2)3;/h5-8,10-13,15,17,29H,4,9,14H2,1-3H3,(H,26,27);1H4/t17-;/m1./s1. The molecule has 0 aliphatic carbocycles. The van der Waals surface area contributed by atoms with Gasteiger partial charge in [0.1, 0.15) is 11.5 Å². The van der Waals surface area contributed by atoms with E-state index in [9.17, 15) is 5.11 Å². The number of aliphatic hydroxyl groups excluding tert-OH is 1. The molecule has 8 heteroatoms. The van der Waals surface area contributed by atoms with Crippen molar-refractivity contribution in [2.75, 3.05) is 11.9 Å². The Morgan fingerprint density at radius 2 is 2.00 bits per heavy atom. The molecular formula is C24H31N5O2S. The van der Waals surface area contributed by atoms with Crippen molar-refractivity contribution in [2.24, 2.45) is 5.92 Å². The number of ether oxygens (including phenoxy) is 1. The third-order valence-electron chi connectivity index (χ3n) is 4.88. The van der Waals surface area contributed by atoms with E-state index in [0.717, 1.165) is 45.3 Å². The third kappa shape index (κ3) is 5.63. The monoisotopic (exact) mass is 453 g/mol. The molecule has 170 valence electrons. The molecule has 0 spiro atoms. The van der Waals surface area contributed by atoms with E-state index >= 15 is 0 Å². The molecule has 0 bridgehead atoms. The van der Waals surface area contributed by atoms with E-state index in [1.54, 1.807) is 17.5 Å². The smallest absolute Gasteiger partial charge is 0.184 e. The lowest BCUT2D eigenvalue weighted by atomic mass is 10.0. The summed E-state index contributed by atoms with van der Waals surface area (Å²) in [5.74, 6) is 1.96. The second-order valence-electron chi connectivity index (χ2n) is 7.87. The summed E-state index contributed by atoms with van der Waals surface area (Å²) in [6, 6.07) is 9.62. The van der Waals surface area contributed by atoms with Crippen LogP contribution in [0.3, 0.4) is 0 Å². The summed E-state index contributed by atoms with van der Waals surface area (Å²) in [5, 5.41) is 18.1. The highest BCUT2D eigenvalue weighted by Crippen LogP contribution is 2.32. The molecular weight excluding hydrogens is 422 g/mol. The van der Waals surface area contributed by atoms with Crippen molar-refractivity contribution in [3.63, 3.8) is 0 Å². The number of nitrogens with one attached hydrogen (secondary N) is 1. The Balaban J connectivity index is 0.00000289. The molecule has 7 nitrogen and oxygen atoms in total. The third-order valence-corrected chi connectivity index (χ3v) is 5.83. The Labute approximate surface area is 193 Å². The largest absolute Gasteiger partial charge is 0.457 e. The van der Waals surface area contributed by atoms with Crippen LogP contribution in [0.25, 0.3) is 21.5 Å². The Bertz CT molecular complexity index is 1150. The number of thiazole rings is 1. The lowest BCUT2D eigenvalue weighted by molar-refractivity contribution is 0.259. The lowest BCUT2D eigenvalue weighted by Gasteiger charge is -2.17. The van der Waals surface area contributed by atoms with Crippen LogP contribution in [-0.2, 0) is 6.54 Å². The van der Waals surface area contributed by atoms with E-state index in [1.807, 2.05) is 47.4 Å². The predicted octanol–water partition coefficient (Wildman–Crippen LogP) is 5.82. The number of anilines is 1. The fraction of sp³-hybridized carbons (Fsp3) is 0.375. The summed E-state index contributed by atoms with van der Waals surface area (Å²) < 4.78 is 9.00. The van der Waals surface area contributed by atoms with Gasteiger partial charge in [-0.3, -0.25) is 9.67 Å². The molecule has 0 unspecified atom stereocenters. The molecule has 1 aromatic carbocycles. The van der Waals surface area contributed by atoms with Gasteiger partial charge in [-0.25, -0.2) is 4.98 Å². The molecule has 0 aliphatic rings. The van der Waals surface area contributed by atoms with Gasteiger partial charge in [0, 0.05) is 36.6 Å². The van der Waals surface area contributed by atoms with E-state index in [-0.39, 0.29) is 20.1 Å². The minimum absolute atomic E-state index is 0. The maximum Gasteiger partial charge on any atom is 0.184 e. The first-order valence-corrected chi connectivity index (χ1v) is 11.3. The van der Waals surface area contributed by atoms with Crippen LogP contribution < -0.4 is 10.1 Å². The van der Waals surface area contributed by atoms with Gasteiger partial charge in [-0.1, -0.05) is 32.6 Å². The molecule has 4 aromatic rings. The molecule has 0 fully saturated rings. The molecule has 4 rings (SSSR count). The van der Waals surface area contributed by atoms with Gasteiger partial charge in [0.25, 0.3) is 0 Å². The number of benzene rings is 1. The van der Waals surface area contributed by atoms with Gasteiger partial charge in [-0.2, -0.15) is 5.10 Å². The first-order chi connectivity index (χ1) is 15.0. The number of hydrogen-bond donors (Lipinski definition) is 2. The highest BCUT2D eigenvalue weighted by Gasteiger charge is 2.13. The van der Waals surface area contributed by atoms with Crippen LogP contribution in [-0.4, -0.2) is 37.5 Å². The number of hydrogen-bond acceptors (Lipinski definition) is 7. The number of pyridine rings is 1. The SMILES string of the molecule is C.CCn1cc(-c2cc(Oc3ccc4nc(N[C@@H](CO)CC(C)C)sc4c3)ccn2)cn1. The van der Waals surface area contributed by atoms with E-state index in [0.29, 0.717) is 11.7 Å². The van der Waals surface area contributed by atoms with Gasteiger partial charge >= 0.3 is 0 Å². The Kier molecular flexibility index (Phi) is 7.82. The molecule has 2 N–H and O–H groups in total. The summed E-state index contributed by atoms with van der Waals surface area (Å²) >= 11 is 1.56. The zero-order valence-electron chi connectivity index (χ0n) is 17.9. The Morgan fingerprint density at radius 1 is 1.19 bits per heavy atom. The quantitative estimate of drug-likeness (QED) is 0.332. The number of aryl methyl sites for hydroxylation is 1. The van der Waals surface area contributed by atoms with Crippen LogP contribution in [0.2, 0.25) is 0 Å². The van der Waals surface area contributed by atoms with Crippen LogP contribution in [0.1, 0.15) is 34.6 Å². The maximum atomic E-state index is 9.62. The second kappa shape index (κ2) is 10.6. The molecule has 0 saturated heterocycles.